The smallest absolute Gasteiger partial charge is 0.253 e. The lowest BCUT2D eigenvalue weighted by Crippen LogP contribution is -2.51. The summed E-state index contributed by atoms with van der Waals surface area (Å²) >= 11 is 6.37. The molecule has 9 nitrogen and oxygen atoms in total. The number of likely N-dealkylation sites (tertiary alicyclic amines) is 1. The monoisotopic (exact) mass is 563 g/mol. The van der Waals surface area contributed by atoms with E-state index in [2.05, 4.69) is 25.2 Å². The fourth-order valence-corrected chi connectivity index (χ4v) is 8.71. The minimum absolute atomic E-state index is 0.0199. The van der Waals surface area contributed by atoms with Gasteiger partial charge in [0.1, 0.15) is 0 Å². The topological polar surface area (TPSA) is 111 Å². The zero-order valence-corrected chi connectivity index (χ0v) is 23.5. The van der Waals surface area contributed by atoms with Crippen molar-refractivity contribution in [1.29, 1.82) is 0 Å². The largest absolute Gasteiger partial charge is 0.356 e. The summed E-state index contributed by atoms with van der Waals surface area (Å²) in [7, 11) is -1.00. The van der Waals surface area contributed by atoms with Gasteiger partial charge in [-0.1, -0.05) is 11.6 Å². The Balaban J connectivity index is 1.09. The number of halogens is 1. The van der Waals surface area contributed by atoms with Gasteiger partial charge in [0, 0.05) is 43.0 Å². The number of amides is 3. The van der Waals surface area contributed by atoms with E-state index < -0.39 is 11.0 Å². The van der Waals surface area contributed by atoms with E-state index in [-0.39, 0.29) is 42.3 Å². The van der Waals surface area contributed by atoms with Gasteiger partial charge in [0.25, 0.3) is 5.91 Å². The summed E-state index contributed by atoms with van der Waals surface area (Å²) in [6.45, 7) is 5.31. The molecule has 3 fully saturated rings. The van der Waals surface area contributed by atoms with Crippen molar-refractivity contribution in [2.75, 3.05) is 37.2 Å². The number of carbonyl (C=O) groups excluding carboxylic acids is 3. The van der Waals surface area contributed by atoms with Crippen LogP contribution in [-0.2, 0) is 27.0 Å². The van der Waals surface area contributed by atoms with Gasteiger partial charge >= 0.3 is 0 Å². The number of nitrogens with one attached hydrogen (secondary N) is 3. The van der Waals surface area contributed by atoms with Gasteiger partial charge in [-0.2, -0.15) is 0 Å². The molecule has 0 saturated carbocycles. The summed E-state index contributed by atoms with van der Waals surface area (Å²) in [6, 6.07) is 3.86. The molecule has 1 aromatic rings. The average molecular weight is 564 g/mol. The second kappa shape index (κ2) is 12.0. The van der Waals surface area contributed by atoms with Gasteiger partial charge < -0.3 is 20.9 Å². The molecule has 4 atom stereocenters. The molecule has 0 aliphatic carbocycles. The normalized spacial score (nSPS) is 26.6. The van der Waals surface area contributed by atoms with Crippen molar-refractivity contribution in [3.8, 4) is 0 Å². The molecule has 1 aromatic carbocycles. The third-order valence-electron chi connectivity index (χ3n) is 8.41. The molecule has 3 unspecified atom stereocenters. The molecular formula is C27H38ClN5O4S. The first-order chi connectivity index (χ1) is 18.3. The molecule has 208 valence electrons. The van der Waals surface area contributed by atoms with Gasteiger partial charge in [-0.15, -0.1) is 0 Å². The number of piperidine rings is 2. The summed E-state index contributed by atoms with van der Waals surface area (Å²) in [5, 5.41) is 9.12. The molecule has 38 heavy (non-hydrogen) atoms. The highest BCUT2D eigenvalue weighted by atomic mass is 35.5. The first-order valence-electron chi connectivity index (χ1n) is 13.8. The van der Waals surface area contributed by atoms with Crippen LogP contribution >= 0.6 is 11.6 Å². The fraction of sp³-hybridized carbons (Fsp3) is 0.667. The van der Waals surface area contributed by atoms with E-state index in [9.17, 15) is 18.6 Å². The van der Waals surface area contributed by atoms with Gasteiger partial charge in [-0.3, -0.25) is 14.4 Å². The van der Waals surface area contributed by atoms with E-state index in [4.69, 9.17) is 11.6 Å². The second-order valence-corrected chi connectivity index (χ2v) is 13.0. The van der Waals surface area contributed by atoms with Crippen molar-refractivity contribution in [2.24, 2.45) is 5.92 Å². The number of carbonyl (C=O) groups is 3. The third-order valence-corrected chi connectivity index (χ3v) is 10.5. The van der Waals surface area contributed by atoms with Crippen molar-refractivity contribution < 1.29 is 18.6 Å². The van der Waals surface area contributed by atoms with Crippen LogP contribution in [0.5, 0.6) is 0 Å². The highest BCUT2D eigenvalue weighted by Crippen LogP contribution is 2.38. The quantitative estimate of drug-likeness (QED) is 0.400. The highest BCUT2D eigenvalue weighted by Gasteiger charge is 2.44. The van der Waals surface area contributed by atoms with Crippen molar-refractivity contribution >= 4 is 46.0 Å². The predicted octanol–water partition coefficient (Wildman–Crippen LogP) is 2.46. The molecule has 11 heteroatoms. The Morgan fingerprint density at radius 1 is 1.13 bits per heavy atom. The number of fused-ring (bicyclic) bond motifs is 3. The molecule has 3 N–H and O–H groups in total. The summed E-state index contributed by atoms with van der Waals surface area (Å²) < 4.78 is 15.7. The third kappa shape index (κ3) is 6.41. The number of rotatable bonds is 9. The maximum Gasteiger partial charge on any atom is 0.253 e. The minimum Gasteiger partial charge on any atom is -0.356 e. The van der Waals surface area contributed by atoms with Crippen LogP contribution in [0.2, 0.25) is 5.02 Å². The van der Waals surface area contributed by atoms with Crippen LogP contribution in [0.3, 0.4) is 0 Å². The van der Waals surface area contributed by atoms with Crippen molar-refractivity contribution in [2.45, 2.75) is 76.4 Å². The molecule has 4 heterocycles. The summed E-state index contributed by atoms with van der Waals surface area (Å²) in [5.41, 5.74) is 1.88. The molecule has 4 aliphatic heterocycles. The Morgan fingerprint density at radius 3 is 2.53 bits per heavy atom. The van der Waals surface area contributed by atoms with E-state index >= 15 is 0 Å². The lowest BCUT2D eigenvalue weighted by Gasteiger charge is -2.39. The Bertz CT molecular complexity index is 1100. The maximum absolute atomic E-state index is 13.5. The van der Waals surface area contributed by atoms with Crippen LogP contribution in [0.1, 0.15) is 67.8 Å². The minimum atomic E-state index is -1.00. The molecule has 0 aromatic heterocycles. The number of nitrogens with zero attached hydrogens (tertiary/aromatic N) is 2. The van der Waals surface area contributed by atoms with E-state index in [1.165, 1.54) is 0 Å². The summed E-state index contributed by atoms with van der Waals surface area (Å²) in [6.07, 6.45) is 6.98. The van der Waals surface area contributed by atoms with Crippen LogP contribution in [-0.4, -0.2) is 81.2 Å². The van der Waals surface area contributed by atoms with Crippen LogP contribution in [0.15, 0.2) is 12.1 Å². The van der Waals surface area contributed by atoms with E-state index in [0.29, 0.717) is 22.2 Å². The van der Waals surface area contributed by atoms with Crippen molar-refractivity contribution in [1.82, 2.24) is 19.8 Å². The zero-order chi connectivity index (χ0) is 26.8. The fourth-order valence-electron chi connectivity index (χ4n) is 6.50. The van der Waals surface area contributed by atoms with Gasteiger partial charge in [-0.05, 0) is 88.2 Å². The lowest BCUT2D eigenvalue weighted by atomic mass is 9.99. The van der Waals surface area contributed by atoms with Crippen molar-refractivity contribution in [3.63, 3.8) is 0 Å². The SMILES string of the molecule is CC(=O)NCCCN1CCC(CS(=O)N2C3CC[C@@H]2CC(NC(=O)c2cc4c(cc2Cl)NC(=O)C4)C3)CC1. The molecule has 5 rings (SSSR count). The standard InChI is InChI=1S/C27H38ClN5O4S/c1-17(34)29-7-2-8-32-9-5-18(6-10-32)16-38(37)33-21-3-4-22(33)14-20(13-21)30-27(36)23-11-19-12-26(35)31-25(19)15-24(23)28/h11,15,18,20-22H,2-10,12-14,16H2,1H3,(H,29,34)(H,30,36)(H,31,35)/t20?,21-,22?,38?/m1/s1. The number of hydrogen-bond acceptors (Lipinski definition) is 5. The second-order valence-electron chi connectivity index (χ2n) is 11.2. The Morgan fingerprint density at radius 2 is 1.84 bits per heavy atom. The van der Waals surface area contributed by atoms with E-state index in [1.807, 2.05) is 0 Å². The van der Waals surface area contributed by atoms with E-state index in [0.717, 1.165) is 82.4 Å². The molecule has 2 bridgehead atoms. The molecule has 3 saturated heterocycles. The van der Waals surface area contributed by atoms with E-state index in [1.54, 1.807) is 19.1 Å². The number of hydrogen-bond donors (Lipinski definition) is 3. The van der Waals surface area contributed by atoms with Crippen LogP contribution in [0.4, 0.5) is 5.69 Å². The first kappa shape index (κ1) is 27.6. The molecule has 4 aliphatic rings. The highest BCUT2D eigenvalue weighted by molar-refractivity contribution is 7.82. The van der Waals surface area contributed by atoms with Crippen LogP contribution in [0, 0.1) is 5.92 Å². The Kier molecular flexibility index (Phi) is 8.72. The maximum atomic E-state index is 13.5. The van der Waals surface area contributed by atoms with Gasteiger partial charge in [-0.25, -0.2) is 8.51 Å². The Labute approximate surface area is 232 Å². The van der Waals surface area contributed by atoms with Crippen LogP contribution < -0.4 is 16.0 Å². The molecule has 0 spiro atoms. The Hall–Kier alpha value is -2.01. The van der Waals surface area contributed by atoms with Crippen molar-refractivity contribution in [3.05, 3.63) is 28.3 Å². The van der Waals surface area contributed by atoms with Gasteiger partial charge in [0.05, 0.1) is 28.0 Å². The lowest BCUT2D eigenvalue weighted by molar-refractivity contribution is -0.119. The summed E-state index contributed by atoms with van der Waals surface area (Å²) in [5.74, 6) is 0.922. The van der Waals surface area contributed by atoms with Gasteiger partial charge in [0.15, 0.2) is 0 Å². The predicted molar refractivity (Wildman–Crippen MR) is 148 cm³/mol. The molecule has 3 amide bonds. The zero-order valence-electron chi connectivity index (χ0n) is 22.0. The van der Waals surface area contributed by atoms with Gasteiger partial charge in [0.2, 0.25) is 11.8 Å². The average Bonchev–Trinajstić information content (AvgIpc) is 3.37. The van der Waals surface area contributed by atoms with Crippen LogP contribution in [0.25, 0.3) is 0 Å². The number of benzene rings is 1. The first-order valence-corrected chi connectivity index (χ1v) is 15.5. The molecular weight excluding hydrogens is 526 g/mol. The number of anilines is 1. The summed E-state index contributed by atoms with van der Waals surface area (Å²) in [4.78, 5) is 38.2. The molecule has 0 radical (unpaired) electrons.